The molecule has 0 fully saturated rings. The molecule has 3 nitrogen and oxygen atoms in total. The first-order valence-corrected chi connectivity index (χ1v) is 6.49. The fourth-order valence-electron chi connectivity index (χ4n) is 1.84. The Morgan fingerprint density at radius 3 is 2.72 bits per heavy atom. The van der Waals surface area contributed by atoms with Crippen molar-refractivity contribution < 1.29 is 0 Å². The van der Waals surface area contributed by atoms with E-state index in [1.165, 1.54) is 5.56 Å². The summed E-state index contributed by atoms with van der Waals surface area (Å²) in [6, 6.07) is 12.3. The lowest BCUT2D eigenvalue weighted by Gasteiger charge is -2.03. The minimum Gasteiger partial charge on any atom is -0.342 e. The minimum absolute atomic E-state index is 0.689. The van der Waals surface area contributed by atoms with Gasteiger partial charge in [0.15, 0.2) is 0 Å². The molecule has 0 radical (unpaired) electrons. The van der Waals surface area contributed by atoms with Gasteiger partial charge in [-0.1, -0.05) is 28.1 Å². The lowest BCUT2D eigenvalue weighted by atomic mass is 10.2. The fraction of sp³-hybridized carbons (Fsp3) is 0.214. The molecule has 0 spiro atoms. The smallest absolute Gasteiger partial charge is 0.120 e. The first-order valence-electron chi connectivity index (χ1n) is 5.69. The monoisotopic (exact) mass is 303 g/mol. The highest BCUT2D eigenvalue weighted by molar-refractivity contribution is 9.10. The zero-order chi connectivity index (χ0) is 13.0. The largest absolute Gasteiger partial charge is 0.342 e. The number of rotatable bonds is 4. The molecule has 1 heterocycles. The summed E-state index contributed by atoms with van der Waals surface area (Å²) in [7, 11) is 1.89. The van der Waals surface area contributed by atoms with E-state index in [1.807, 2.05) is 36.0 Å². The number of nitrogens with zero attached hydrogens (tertiary/aromatic N) is 2. The first-order chi connectivity index (χ1) is 8.69. The van der Waals surface area contributed by atoms with E-state index < -0.39 is 0 Å². The maximum atomic E-state index is 8.87. The molecule has 0 bridgehead atoms. The summed E-state index contributed by atoms with van der Waals surface area (Å²) in [5, 5.41) is 12.2. The second-order valence-corrected chi connectivity index (χ2v) is 5.11. The second-order valence-electron chi connectivity index (χ2n) is 4.19. The highest BCUT2D eigenvalue weighted by atomic mass is 79.9. The Kier molecular flexibility index (Phi) is 4.19. The van der Waals surface area contributed by atoms with Gasteiger partial charge in [0.2, 0.25) is 0 Å². The molecule has 4 heteroatoms. The van der Waals surface area contributed by atoms with Gasteiger partial charge in [0.05, 0.1) is 0 Å². The number of benzene rings is 1. The van der Waals surface area contributed by atoms with E-state index in [-0.39, 0.29) is 0 Å². The lowest BCUT2D eigenvalue weighted by molar-refractivity contribution is 0.692. The average molecular weight is 304 g/mol. The molecular weight excluding hydrogens is 290 g/mol. The maximum absolute atomic E-state index is 8.87. The number of nitrogens with one attached hydrogen (secondary N) is 1. The van der Waals surface area contributed by atoms with Gasteiger partial charge in [-0.25, -0.2) is 0 Å². The Morgan fingerprint density at radius 1 is 1.28 bits per heavy atom. The quantitative estimate of drug-likeness (QED) is 0.943. The molecule has 0 aliphatic carbocycles. The summed E-state index contributed by atoms with van der Waals surface area (Å²) in [6.45, 7) is 1.58. The Labute approximate surface area is 115 Å². The van der Waals surface area contributed by atoms with Gasteiger partial charge in [-0.2, -0.15) is 5.26 Å². The molecule has 0 unspecified atom stereocenters. The van der Waals surface area contributed by atoms with Crippen LogP contribution in [-0.2, 0) is 20.1 Å². The number of hydrogen-bond donors (Lipinski definition) is 1. The standard InChI is InChI=1S/C14H14BrN3/c1-18-10-12(6-14(18)7-16)9-17-8-11-3-2-4-13(15)5-11/h2-6,10,17H,8-9H2,1H3. The van der Waals surface area contributed by atoms with Crippen LogP contribution in [0, 0.1) is 11.3 Å². The van der Waals surface area contributed by atoms with Crippen molar-refractivity contribution in [3.05, 3.63) is 57.8 Å². The summed E-state index contributed by atoms with van der Waals surface area (Å²) in [5.74, 6) is 0. The molecule has 2 rings (SSSR count). The van der Waals surface area contributed by atoms with Crippen LogP contribution in [0.4, 0.5) is 0 Å². The van der Waals surface area contributed by atoms with E-state index >= 15 is 0 Å². The van der Waals surface area contributed by atoms with Gasteiger partial charge < -0.3 is 9.88 Å². The van der Waals surface area contributed by atoms with E-state index in [0.29, 0.717) is 5.69 Å². The SMILES string of the molecule is Cn1cc(CNCc2cccc(Br)c2)cc1C#N. The van der Waals surface area contributed by atoms with Crippen LogP contribution in [0.25, 0.3) is 0 Å². The molecule has 18 heavy (non-hydrogen) atoms. The van der Waals surface area contributed by atoms with Crippen molar-refractivity contribution in [2.75, 3.05) is 0 Å². The van der Waals surface area contributed by atoms with Gasteiger partial charge in [0.25, 0.3) is 0 Å². The molecule has 0 aliphatic rings. The first kappa shape index (κ1) is 12.9. The van der Waals surface area contributed by atoms with Crippen molar-refractivity contribution in [1.82, 2.24) is 9.88 Å². The summed E-state index contributed by atoms with van der Waals surface area (Å²) in [4.78, 5) is 0. The van der Waals surface area contributed by atoms with Crippen molar-refractivity contribution >= 4 is 15.9 Å². The number of halogens is 1. The molecule has 2 aromatic rings. The summed E-state index contributed by atoms with van der Waals surface area (Å²) < 4.78 is 2.93. The molecule has 1 N–H and O–H groups in total. The minimum atomic E-state index is 0.689. The molecule has 92 valence electrons. The molecule has 1 aromatic carbocycles. The van der Waals surface area contributed by atoms with E-state index in [2.05, 4.69) is 39.4 Å². The summed E-state index contributed by atoms with van der Waals surface area (Å²) in [6.07, 6.45) is 1.98. The van der Waals surface area contributed by atoms with Crippen LogP contribution < -0.4 is 5.32 Å². The van der Waals surface area contributed by atoms with E-state index in [1.54, 1.807) is 0 Å². The molecule has 0 atom stereocenters. The van der Waals surface area contributed by atoms with Crippen molar-refractivity contribution in [3.8, 4) is 6.07 Å². The molecule has 0 amide bonds. The van der Waals surface area contributed by atoms with E-state index in [9.17, 15) is 0 Å². The highest BCUT2D eigenvalue weighted by Crippen LogP contribution is 2.12. The van der Waals surface area contributed by atoms with Crippen molar-refractivity contribution in [1.29, 1.82) is 5.26 Å². The Hall–Kier alpha value is -1.57. The topological polar surface area (TPSA) is 40.8 Å². The highest BCUT2D eigenvalue weighted by Gasteiger charge is 2.01. The normalized spacial score (nSPS) is 10.3. The van der Waals surface area contributed by atoms with E-state index in [0.717, 1.165) is 23.1 Å². The van der Waals surface area contributed by atoms with Gasteiger partial charge in [0.1, 0.15) is 11.8 Å². The molecule has 0 saturated carbocycles. The average Bonchev–Trinajstić information content (AvgIpc) is 2.70. The molecule has 0 aliphatic heterocycles. The second kappa shape index (κ2) is 5.85. The van der Waals surface area contributed by atoms with Gasteiger partial charge in [-0.3, -0.25) is 0 Å². The van der Waals surface area contributed by atoms with Crippen LogP contribution >= 0.6 is 15.9 Å². The Balaban J connectivity index is 1.90. The third-order valence-electron chi connectivity index (χ3n) is 2.72. The van der Waals surface area contributed by atoms with Crippen LogP contribution in [-0.4, -0.2) is 4.57 Å². The third-order valence-corrected chi connectivity index (χ3v) is 3.22. The molecular formula is C14H14BrN3. The third kappa shape index (κ3) is 3.22. The zero-order valence-electron chi connectivity index (χ0n) is 10.2. The Morgan fingerprint density at radius 2 is 2.06 bits per heavy atom. The Bertz CT molecular complexity index is 581. The van der Waals surface area contributed by atoms with E-state index in [4.69, 9.17) is 5.26 Å². The van der Waals surface area contributed by atoms with Crippen LogP contribution in [0.5, 0.6) is 0 Å². The lowest BCUT2D eigenvalue weighted by Crippen LogP contribution is -2.12. The van der Waals surface area contributed by atoms with Crippen molar-refractivity contribution in [2.24, 2.45) is 7.05 Å². The van der Waals surface area contributed by atoms with Gasteiger partial charge in [-0.15, -0.1) is 0 Å². The summed E-state index contributed by atoms with van der Waals surface area (Å²) >= 11 is 3.45. The van der Waals surface area contributed by atoms with Crippen LogP contribution in [0.2, 0.25) is 0 Å². The van der Waals surface area contributed by atoms with Gasteiger partial charge in [-0.05, 0) is 29.3 Å². The number of aryl methyl sites for hydroxylation is 1. The van der Waals surface area contributed by atoms with Gasteiger partial charge >= 0.3 is 0 Å². The van der Waals surface area contributed by atoms with Crippen molar-refractivity contribution in [3.63, 3.8) is 0 Å². The zero-order valence-corrected chi connectivity index (χ0v) is 11.7. The van der Waals surface area contributed by atoms with Gasteiger partial charge in [0, 0.05) is 30.8 Å². The molecule has 1 aromatic heterocycles. The predicted molar refractivity (Wildman–Crippen MR) is 74.8 cm³/mol. The maximum Gasteiger partial charge on any atom is 0.120 e. The predicted octanol–water partition coefficient (Wildman–Crippen LogP) is 2.95. The fourth-order valence-corrected chi connectivity index (χ4v) is 2.29. The number of hydrogen-bond acceptors (Lipinski definition) is 2. The molecule has 0 saturated heterocycles. The van der Waals surface area contributed by atoms with Crippen molar-refractivity contribution in [2.45, 2.75) is 13.1 Å². The number of nitriles is 1. The summed E-state index contributed by atoms with van der Waals surface area (Å²) in [5.41, 5.74) is 3.05. The van der Waals surface area contributed by atoms with Crippen LogP contribution in [0.1, 0.15) is 16.8 Å². The van der Waals surface area contributed by atoms with Crippen LogP contribution in [0.3, 0.4) is 0 Å². The number of aromatic nitrogens is 1. The van der Waals surface area contributed by atoms with Crippen LogP contribution in [0.15, 0.2) is 41.0 Å².